The van der Waals surface area contributed by atoms with Gasteiger partial charge in [-0.1, -0.05) is 6.92 Å². The summed E-state index contributed by atoms with van der Waals surface area (Å²) in [6, 6.07) is 1.05. The Labute approximate surface area is 131 Å². The molecule has 4 nitrogen and oxygen atoms in total. The zero-order valence-electron chi connectivity index (χ0n) is 12.8. The van der Waals surface area contributed by atoms with Crippen LogP contribution in [0.5, 0.6) is 0 Å². The monoisotopic (exact) mass is 307 g/mol. The summed E-state index contributed by atoms with van der Waals surface area (Å²) in [6.07, 6.45) is 8.13. The number of hydrogen-bond acceptors (Lipinski definition) is 4. The zero-order valence-corrected chi connectivity index (χ0v) is 13.6. The van der Waals surface area contributed by atoms with Gasteiger partial charge >= 0.3 is 0 Å². The van der Waals surface area contributed by atoms with E-state index in [-0.39, 0.29) is 0 Å². The summed E-state index contributed by atoms with van der Waals surface area (Å²) in [4.78, 5) is 21.6. The van der Waals surface area contributed by atoms with E-state index in [0.29, 0.717) is 24.4 Å². The van der Waals surface area contributed by atoms with E-state index in [2.05, 4.69) is 21.7 Å². The van der Waals surface area contributed by atoms with Crippen molar-refractivity contribution in [2.45, 2.75) is 57.5 Å². The third-order valence-corrected chi connectivity index (χ3v) is 5.76. The van der Waals surface area contributed by atoms with E-state index in [1.165, 1.54) is 32.2 Å². The predicted octanol–water partition coefficient (Wildman–Crippen LogP) is 2.55. The van der Waals surface area contributed by atoms with Gasteiger partial charge in [-0.2, -0.15) is 0 Å². The molecule has 1 aromatic rings. The summed E-state index contributed by atoms with van der Waals surface area (Å²) in [6.45, 7) is 5.51. The van der Waals surface area contributed by atoms with Crippen molar-refractivity contribution in [1.29, 1.82) is 0 Å². The summed E-state index contributed by atoms with van der Waals surface area (Å²) in [5, 5.41) is 3.06. The quantitative estimate of drug-likeness (QED) is 0.839. The molecule has 2 saturated heterocycles. The van der Waals surface area contributed by atoms with Gasteiger partial charge in [0.25, 0.3) is 0 Å². The average Bonchev–Trinajstić information content (AvgIpc) is 3.23. The lowest BCUT2D eigenvalue weighted by Crippen LogP contribution is -2.48. The molecule has 1 amide bonds. The highest BCUT2D eigenvalue weighted by molar-refractivity contribution is 7.09. The number of aryl methyl sites for hydroxylation is 1. The van der Waals surface area contributed by atoms with Crippen LogP contribution in [0.4, 0.5) is 0 Å². The smallest absolute Gasteiger partial charge is 0.223 e. The van der Waals surface area contributed by atoms with Gasteiger partial charge in [-0.25, -0.2) is 4.98 Å². The summed E-state index contributed by atoms with van der Waals surface area (Å²) >= 11 is 1.65. The van der Waals surface area contributed by atoms with Gasteiger partial charge in [0.2, 0.25) is 5.91 Å². The molecule has 5 heteroatoms. The molecule has 0 aliphatic carbocycles. The lowest BCUT2D eigenvalue weighted by Gasteiger charge is -2.34. The number of nitrogens with zero attached hydrogens (tertiary/aromatic N) is 3. The molecule has 0 N–H and O–H groups in total. The summed E-state index contributed by atoms with van der Waals surface area (Å²) in [5.41, 5.74) is 0. The molecule has 21 heavy (non-hydrogen) atoms. The molecule has 0 bridgehead atoms. The van der Waals surface area contributed by atoms with Crippen molar-refractivity contribution in [3.63, 3.8) is 0 Å². The summed E-state index contributed by atoms with van der Waals surface area (Å²) in [5.74, 6) is 0.329. The fourth-order valence-corrected chi connectivity index (χ4v) is 4.54. The first kappa shape index (κ1) is 15.0. The Morgan fingerprint density at radius 3 is 2.90 bits per heavy atom. The minimum Gasteiger partial charge on any atom is -0.338 e. The molecule has 116 valence electrons. The number of likely N-dealkylation sites (tertiary alicyclic amines) is 2. The maximum atomic E-state index is 12.6. The van der Waals surface area contributed by atoms with Crippen LogP contribution in [0.1, 0.15) is 44.0 Å². The molecule has 1 aromatic heterocycles. The second kappa shape index (κ2) is 6.88. The molecule has 2 aliphatic rings. The molecule has 0 spiro atoms. The summed E-state index contributed by atoms with van der Waals surface area (Å²) < 4.78 is 0. The minimum absolute atomic E-state index is 0.329. The molecular formula is C16H25N3OS. The van der Waals surface area contributed by atoms with E-state index in [4.69, 9.17) is 0 Å². The van der Waals surface area contributed by atoms with Gasteiger partial charge in [0.05, 0.1) is 5.01 Å². The van der Waals surface area contributed by atoms with Gasteiger partial charge in [0.1, 0.15) is 0 Å². The SMILES string of the molecule is CCN1CCC[C@@H]1[C@@H]1CCCN1C(=O)CCc1nccs1. The van der Waals surface area contributed by atoms with E-state index >= 15 is 0 Å². The molecule has 2 atom stereocenters. The Balaban J connectivity index is 1.59. The number of rotatable bonds is 5. The fourth-order valence-electron chi connectivity index (χ4n) is 3.92. The molecule has 3 rings (SSSR count). The number of thiazole rings is 1. The van der Waals surface area contributed by atoms with Gasteiger partial charge in [0, 0.05) is 43.0 Å². The second-order valence-corrected chi connectivity index (χ2v) is 7.04. The molecule has 2 fully saturated rings. The first-order valence-corrected chi connectivity index (χ1v) is 9.09. The Bertz CT molecular complexity index is 462. The number of aromatic nitrogens is 1. The normalized spacial score (nSPS) is 26.6. The summed E-state index contributed by atoms with van der Waals surface area (Å²) in [7, 11) is 0. The molecule has 0 radical (unpaired) electrons. The van der Waals surface area contributed by atoms with Gasteiger partial charge in [0.15, 0.2) is 0 Å². The average molecular weight is 307 g/mol. The Hall–Kier alpha value is -0.940. The van der Waals surface area contributed by atoms with Crippen LogP contribution >= 0.6 is 11.3 Å². The van der Waals surface area contributed by atoms with E-state index in [1.807, 2.05) is 11.6 Å². The van der Waals surface area contributed by atoms with Crippen molar-refractivity contribution in [2.24, 2.45) is 0 Å². The van der Waals surface area contributed by atoms with Crippen LogP contribution in [0.2, 0.25) is 0 Å². The third kappa shape index (κ3) is 3.29. The van der Waals surface area contributed by atoms with Crippen molar-refractivity contribution >= 4 is 17.2 Å². The third-order valence-electron chi connectivity index (χ3n) is 4.92. The first-order chi connectivity index (χ1) is 10.3. The van der Waals surface area contributed by atoms with Crippen molar-refractivity contribution in [2.75, 3.05) is 19.6 Å². The number of hydrogen-bond donors (Lipinski definition) is 0. The number of carbonyl (C=O) groups excluding carboxylic acids is 1. The molecule has 0 aromatic carbocycles. The standard InChI is InChI=1S/C16H25N3OS/c1-2-18-10-3-5-13(18)14-6-4-11-19(14)16(20)8-7-15-17-9-12-21-15/h9,12-14H,2-8,10-11H2,1H3/t13-,14+/m1/s1. The minimum atomic E-state index is 0.329. The van der Waals surface area contributed by atoms with E-state index < -0.39 is 0 Å². The van der Waals surface area contributed by atoms with Gasteiger partial charge in [-0.15, -0.1) is 11.3 Å². The van der Waals surface area contributed by atoms with Gasteiger partial charge in [-0.3, -0.25) is 9.69 Å². The predicted molar refractivity (Wildman–Crippen MR) is 85.4 cm³/mol. The van der Waals surface area contributed by atoms with Crippen molar-refractivity contribution in [3.8, 4) is 0 Å². The Kier molecular flexibility index (Phi) is 4.91. The number of carbonyl (C=O) groups is 1. The lowest BCUT2D eigenvalue weighted by atomic mass is 10.0. The molecule has 0 unspecified atom stereocenters. The van der Waals surface area contributed by atoms with Crippen LogP contribution < -0.4 is 0 Å². The largest absolute Gasteiger partial charge is 0.338 e. The van der Waals surface area contributed by atoms with Crippen LogP contribution in [0.3, 0.4) is 0 Å². The van der Waals surface area contributed by atoms with Crippen LogP contribution in [0.25, 0.3) is 0 Å². The van der Waals surface area contributed by atoms with Crippen molar-refractivity contribution < 1.29 is 4.79 Å². The highest BCUT2D eigenvalue weighted by Gasteiger charge is 2.38. The van der Waals surface area contributed by atoms with Crippen molar-refractivity contribution in [1.82, 2.24) is 14.8 Å². The van der Waals surface area contributed by atoms with Crippen LogP contribution in [-0.4, -0.2) is 52.4 Å². The van der Waals surface area contributed by atoms with E-state index in [0.717, 1.165) is 24.5 Å². The molecule has 3 heterocycles. The maximum Gasteiger partial charge on any atom is 0.223 e. The topological polar surface area (TPSA) is 36.4 Å². The molecule has 0 saturated carbocycles. The number of amides is 1. The first-order valence-electron chi connectivity index (χ1n) is 8.21. The van der Waals surface area contributed by atoms with Crippen LogP contribution in [0.15, 0.2) is 11.6 Å². The Morgan fingerprint density at radius 1 is 1.33 bits per heavy atom. The van der Waals surface area contributed by atoms with Crippen LogP contribution in [0, 0.1) is 0 Å². The fraction of sp³-hybridized carbons (Fsp3) is 0.750. The highest BCUT2D eigenvalue weighted by Crippen LogP contribution is 2.30. The van der Waals surface area contributed by atoms with Crippen LogP contribution in [-0.2, 0) is 11.2 Å². The Morgan fingerprint density at radius 2 is 2.14 bits per heavy atom. The molecular weight excluding hydrogens is 282 g/mol. The van der Waals surface area contributed by atoms with Gasteiger partial charge < -0.3 is 4.90 Å². The van der Waals surface area contributed by atoms with E-state index in [9.17, 15) is 4.79 Å². The number of likely N-dealkylation sites (N-methyl/N-ethyl adjacent to an activating group) is 1. The van der Waals surface area contributed by atoms with Crippen molar-refractivity contribution in [3.05, 3.63) is 16.6 Å². The van der Waals surface area contributed by atoms with Gasteiger partial charge in [-0.05, 0) is 38.8 Å². The van der Waals surface area contributed by atoms with E-state index in [1.54, 1.807) is 11.3 Å². The second-order valence-electron chi connectivity index (χ2n) is 6.06. The lowest BCUT2D eigenvalue weighted by molar-refractivity contribution is -0.133. The maximum absolute atomic E-state index is 12.6. The molecule has 2 aliphatic heterocycles. The zero-order chi connectivity index (χ0) is 14.7. The highest BCUT2D eigenvalue weighted by atomic mass is 32.1.